The summed E-state index contributed by atoms with van der Waals surface area (Å²) < 4.78 is 0. The molecule has 0 aliphatic heterocycles. The van der Waals surface area contributed by atoms with Crippen LogP contribution in [0.25, 0.3) is 0 Å². The first-order chi connectivity index (χ1) is 4.88. The molecule has 56 valence electrons. The zero-order chi connectivity index (χ0) is 6.97. The Bertz CT molecular complexity index is 164. The van der Waals surface area contributed by atoms with Crippen molar-refractivity contribution in [1.82, 2.24) is 0 Å². The second-order valence-electron chi connectivity index (χ2n) is 3.39. The molecule has 2 aliphatic rings. The van der Waals surface area contributed by atoms with E-state index in [1.165, 1.54) is 37.7 Å². The number of aliphatic hydroxyl groups is 1. The van der Waals surface area contributed by atoms with Crippen LogP contribution in [0.5, 0.6) is 0 Å². The Hall–Kier alpha value is -0.300. The van der Waals surface area contributed by atoms with Gasteiger partial charge in [-0.1, -0.05) is 12.0 Å². The zero-order valence-electron chi connectivity index (χ0n) is 6.27. The molecule has 2 fully saturated rings. The van der Waals surface area contributed by atoms with Crippen LogP contribution in [-0.2, 0) is 0 Å². The molecule has 1 unspecified atom stereocenters. The van der Waals surface area contributed by atoms with Gasteiger partial charge in [0.2, 0.25) is 0 Å². The Labute approximate surface area is 61.8 Å². The maximum absolute atomic E-state index is 9.52. The second kappa shape index (κ2) is 2.39. The number of hydrogen-bond donors (Lipinski definition) is 1. The lowest BCUT2D eigenvalue weighted by molar-refractivity contribution is 0.178. The van der Waals surface area contributed by atoms with Gasteiger partial charge in [-0.25, -0.2) is 0 Å². The fraction of sp³-hybridized carbons (Fsp3) is 0.778. The molecule has 0 radical (unpaired) electrons. The fourth-order valence-corrected chi connectivity index (χ4v) is 1.79. The van der Waals surface area contributed by atoms with Crippen LogP contribution in [0.4, 0.5) is 0 Å². The van der Waals surface area contributed by atoms with Gasteiger partial charge in [0, 0.05) is 0 Å². The van der Waals surface area contributed by atoms with E-state index in [0.717, 1.165) is 6.42 Å². The van der Waals surface area contributed by atoms with Crippen molar-refractivity contribution < 1.29 is 5.11 Å². The van der Waals surface area contributed by atoms with Crippen LogP contribution in [0, 0.1) is 0 Å². The smallest absolute Gasteiger partial charge is 0.0752 e. The minimum Gasteiger partial charge on any atom is -0.389 e. The summed E-state index contributed by atoms with van der Waals surface area (Å²) in [4.78, 5) is 0. The highest BCUT2D eigenvalue weighted by atomic mass is 16.3. The van der Waals surface area contributed by atoms with Gasteiger partial charge in [-0.05, 0) is 37.7 Å². The molecule has 0 saturated heterocycles. The molecule has 0 spiro atoms. The van der Waals surface area contributed by atoms with Crippen molar-refractivity contribution in [2.24, 2.45) is 0 Å². The molecule has 1 heteroatoms. The van der Waals surface area contributed by atoms with E-state index in [2.05, 4.69) is 0 Å². The standard InChI is InChI=1S/C9H14O/c10-9-4-2-1-3-8(9)7-5-6-7/h9-10H,1-6H2. The first kappa shape index (κ1) is 6.41. The van der Waals surface area contributed by atoms with Crippen molar-refractivity contribution in [3.8, 4) is 0 Å². The summed E-state index contributed by atoms with van der Waals surface area (Å²) in [6.45, 7) is 0. The third-order valence-electron chi connectivity index (χ3n) is 2.53. The summed E-state index contributed by atoms with van der Waals surface area (Å²) in [6.07, 6.45) is 7.19. The summed E-state index contributed by atoms with van der Waals surface area (Å²) in [6, 6.07) is 0. The van der Waals surface area contributed by atoms with Gasteiger partial charge < -0.3 is 5.11 Å². The molecule has 2 saturated carbocycles. The Morgan fingerprint density at radius 1 is 1.10 bits per heavy atom. The Balaban J connectivity index is 2.11. The highest BCUT2D eigenvalue weighted by molar-refractivity contribution is 5.28. The van der Waals surface area contributed by atoms with Gasteiger partial charge >= 0.3 is 0 Å². The summed E-state index contributed by atoms with van der Waals surface area (Å²) in [5.74, 6) is 0. The van der Waals surface area contributed by atoms with Crippen molar-refractivity contribution in [3.63, 3.8) is 0 Å². The molecule has 0 aromatic rings. The minimum atomic E-state index is -0.0637. The van der Waals surface area contributed by atoms with Gasteiger partial charge in [-0.15, -0.1) is 0 Å². The quantitative estimate of drug-likeness (QED) is 0.508. The predicted octanol–water partition coefficient (Wildman–Crippen LogP) is 2.01. The first-order valence-electron chi connectivity index (χ1n) is 4.27. The molecule has 0 aromatic heterocycles. The van der Waals surface area contributed by atoms with Gasteiger partial charge in [-0.3, -0.25) is 0 Å². The van der Waals surface area contributed by atoms with Crippen LogP contribution < -0.4 is 0 Å². The van der Waals surface area contributed by atoms with E-state index in [-0.39, 0.29) is 6.10 Å². The van der Waals surface area contributed by atoms with Gasteiger partial charge in [0.25, 0.3) is 0 Å². The maximum atomic E-state index is 9.52. The van der Waals surface area contributed by atoms with Crippen LogP contribution >= 0.6 is 0 Å². The molecule has 2 rings (SSSR count). The van der Waals surface area contributed by atoms with Crippen LogP contribution in [-0.4, -0.2) is 11.2 Å². The third kappa shape index (κ3) is 1.10. The lowest BCUT2D eigenvalue weighted by Crippen LogP contribution is -2.14. The maximum Gasteiger partial charge on any atom is 0.0752 e. The number of allylic oxidation sites excluding steroid dienone is 1. The molecular weight excluding hydrogens is 124 g/mol. The largest absolute Gasteiger partial charge is 0.389 e. The van der Waals surface area contributed by atoms with Crippen LogP contribution in [0.1, 0.15) is 38.5 Å². The SMILES string of the molecule is OC1CCCCC1=C1CC1. The summed E-state index contributed by atoms with van der Waals surface area (Å²) in [7, 11) is 0. The summed E-state index contributed by atoms with van der Waals surface area (Å²) >= 11 is 0. The molecule has 1 N–H and O–H groups in total. The fourth-order valence-electron chi connectivity index (χ4n) is 1.79. The van der Waals surface area contributed by atoms with E-state index < -0.39 is 0 Å². The average Bonchev–Trinajstić information content (AvgIpc) is 2.71. The molecule has 0 aromatic carbocycles. The highest BCUT2D eigenvalue weighted by Crippen LogP contribution is 2.38. The summed E-state index contributed by atoms with van der Waals surface area (Å²) in [5.41, 5.74) is 2.96. The van der Waals surface area contributed by atoms with E-state index in [1.807, 2.05) is 0 Å². The van der Waals surface area contributed by atoms with Crippen molar-refractivity contribution in [3.05, 3.63) is 11.1 Å². The lowest BCUT2D eigenvalue weighted by atomic mass is 9.91. The van der Waals surface area contributed by atoms with Gasteiger partial charge in [0.05, 0.1) is 6.10 Å². The van der Waals surface area contributed by atoms with E-state index in [1.54, 1.807) is 5.57 Å². The van der Waals surface area contributed by atoms with E-state index >= 15 is 0 Å². The number of hydrogen-bond acceptors (Lipinski definition) is 1. The first-order valence-corrected chi connectivity index (χ1v) is 4.27. The molecule has 10 heavy (non-hydrogen) atoms. The zero-order valence-corrected chi connectivity index (χ0v) is 6.27. The molecule has 1 nitrogen and oxygen atoms in total. The van der Waals surface area contributed by atoms with Crippen LogP contribution in [0.2, 0.25) is 0 Å². The average molecular weight is 138 g/mol. The normalized spacial score (nSPS) is 32.7. The van der Waals surface area contributed by atoms with Crippen molar-refractivity contribution >= 4 is 0 Å². The molecular formula is C9H14O. The van der Waals surface area contributed by atoms with Gasteiger partial charge in [0.15, 0.2) is 0 Å². The molecule has 0 bridgehead atoms. The van der Waals surface area contributed by atoms with Crippen LogP contribution in [0.3, 0.4) is 0 Å². The Kier molecular flexibility index (Phi) is 1.53. The monoisotopic (exact) mass is 138 g/mol. The van der Waals surface area contributed by atoms with E-state index in [0.29, 0.717) is 0 Å². The van der Waals surface area contributed by atoms with Crippen LogP contribution in [0.15, 0.2) is 11.1 Å². The number of aliphatic hydroxyl groups excluding tert-OH is 1. The second-order valence-corrected chi connectivity index (χ2v) is 3.39. The number of rotatable bonds is 0. The minimum absolute atomic E-state index is 0.0637. The van der Waals surface area contributed by atoms with Gasteiger partial charge in [-0.2, -0.15) is 0 Å². The molecule has 0 heterocycles. The van der Waals surface area contributed by atoms with Crippen molar-refractivity contribution in [2.75, 3.05) is 0 Å². The third-order valence-corrected chi connectivity index (χ3v) is 2.53. The lowest BCUT2D eigenvalue weighted by Gasteiger charge is -2.20. The van der Waals surface area contributed by atoms with Crippen molar-refractivity contribution in [2.45, 2.75) is 44.6 Å². The predicted molar refractivity (Wildman–Crippen MR) is 40.7 cm³/mol. The van der Waals surface area contributed by atoms with E-state index in [4.69, 9.17) is 0 Å². The Morgan fingerprint density at radius 3 is 2.50 bits per heavy atom. The Morgan fingerprint density at radius 2 is 1.90 bits per heavy atom. The molecule has 0 amide bonds. The topological polar surface area (TPSA) is 20.2 Å². The highest BCUT2D eigenvalue weighted by Gasteiger charge is 2.24. The van der Waals surface area contributed by atoms with E-state index in [9.17, 15) is 5.11 Å². The van der Waals surface area contributed by atoms with Gasteiger partial charge in [0.1, 0.15) is 0 Å². The van der Waals surface area contributed by atoms with Crippen molar-refractivity contribution in [1.29, 1.82) is 0 Å². The molecule has 2 aliphatic carbocycles. The molecule has 1 atom stereocenters. The summed E-state index contributed by atoms with van der Waals surface area (Å²) in [5, 5.41) is 9.52.